The first-order valence-corrected chi connectivity index (χ1v) is 8.07. The number of aromatic nitrogens is 1. The molecule has 124 valence electrons. The predicted octanol–water partition coefficient (Wildman–Crippen LogP) is 4.45. The Hall–Kier alpha value is -3.03. The van der Waals surface area contributed by atoms with Crippen molar-refractivity contribution < 1.29 is 4.74 Å². The molecule has 5 heteroatoms. The van der Waals surface area contributed by atoms with Crippen LogP contribution in [0.15, 0.2) is 59.4 Å². The molecule has 0 aliphatic rings. The van der Waals surface area contributed by atoms with Gasteiger partial charge in [0.15, 0.2) is 0 Å². The maximum atomic E-state index is 11.9. The summed E-state index contributed by atoms with van der Waals surface area (Å²) in [7, 11) is 0. The van der Waals surface area contributed by atoms with Crippen molar-refractivity contribution >= 4 is 11.6 Å². The molecule has 3 aromatic rings. The zero-order valence-corrected chi connectivity index (χ0v) is 14.3. The van der Waals surface area contributed by atoms with Gasteiger partial charge >= 0.3 is 0 Å². The Kier molecular flexibility index (Phi) is 4.87. The molecule has 0 bridgehead atoms. The molecule has 1 aromatic heterocycles. The fraction of sp³-hybridized carbons (Fsp3) is 0.100. The number of rotatable bonds is 4. The first kappa shape index (κ1) is 16.8. The van der Waals surface area contributed by atoms with Crippen LogP contribution in [0.5, 0.6) is 5.75 Å². The van der Waals surface area contributed by atoms with E-state index in [2.05, 4.69) is 4.98 Å². The zero-order chi connectivity index (χ0) is 17.8. The highest BCUT2D eigenvalue weighted by molar-refractivity contribution is 6.31. The van der Waals surface area contributed by atoms with Gasteiger partial charge in [-0.3, -0.25) is 4.79 Å². The quantitative estimate of drug-likeness (QED) is 0.755. The van der Waals surface area contributed by atoms with Crippen LogP contribution in [0.25, 0.3) is 11.1 Å². The van der Waals surface area contributed by atoms with E-state index in [1.54, 1.807) is 13.0 Å². The third-order valence-electron chi connectivity index (χ3n) is 3.80. The van der Waals surface area contributed by atoms with E-state index in [0.717, 1.165) is 11.1 Å². The summed E-state index contributed by atoms with van der Waals surface area (Å²) in [6, 6.07) is 18.6. The van der Waals surface area contributed by atoms with Crippen LogP contribution in [-0.4, -0.2) is 4.98 Å². The third kappa shape index (κ3) is 3.73. The lowest BCUT2D eigenvalue weighted by Crippen LogP contribution is -2.12. The second-order valence-corrected chi connectivity index (χ2v) is 5.99. The number of pyridine rings is 1. The van der Waals surface area contributed by atoms with E-state index in [0.29, 0.717) is 28.6 Å². The van der Waals surface area contributed by atoms with Gasteiger partial charge in [-0.15, -0.1) is 0 Å². The standard InChI is InChI=1S/C20H15ClN2O2/c1-13-10-17(18(11-22)20(24)23-13)14-6-8-16(9-7-14)25-12-15-4-2-3-5-19(15)21/h2-10H,12H2,1H3,(H,23,24). The maximum absolute atomic E-state index is 11.9. The smallest absolute Gasteiger partial charge is 0.266 e. The lowest BCUT2D eigenvalue weighted by Gasteiger charge is -2.09. The first-order valence-electron chi connectivity index (χ1n) is 7.69. The molecule has 0 spiro atoms. The number of hydrogen-bond donors (Lipinski definition) is 1. The number of aryl methyl sites for hydroxylation is 1. The van der Waals surface area contributed by atoms with E-state index < -0.39 is 0 Å². The van der Waals surface area contributed by atoms with Crippen molar-refractivity contribution in [3.63, 3.8) is 0 Å². The minimum absolute atomic E-state index is 0.107. The van der Waals surface area contributed by atoms with Gasteiger partial charge in [-0.25, -0.2) is 0 Å². The molecule has 25 heavy (non-hydrogen) atoms. The largest absolute Gasteiger partial charge is 0.489 e. The van der Waals surface area contributed by atoms with E-state index in [4.69, 9.17) is 16.3 Å². The number of halogens is 1. The van der Waals surface area contributed by atoms with E-state index in [1.165, 1.54) is 0 Å². The summed E-state index contributed by atoms with van der Waals surface area (Å²) in [6.07, 6.45) is 0. The Morgan fingerprint density at radius 3 is 2.56 bits per heavy atom. The van der Waals surface area contributed by atoms with Crippen LogP contribution in [0.1, 0.15) is 16.8 Å². The van der Waals surface area contributed by atoms with Crippen molar-refractivity contribution in [2.75, 3.05) is 0 Å². The van der Waals surface area contributed by atoms with Gasteiger partial charge < -0.3 is 9.72 Å². The Bertz CT molecular complexity index is 1000. The van der Waals surface area contributed by atoms with Crippen molar-refractivity contribution in [1.82, 2.24) is 4.98 Å². The van der Waals surface area contributed by atoms with Gasteiger partial charge in [0.05, 0.1) is 0 Å². The minimum Gasteiger partial charge on any atom is -0.489 e. The van der Waals surface area contributed by atoms with Crippen LogP contribution in [-0.2, 0) is 6.61 Å². The maximum Gasteiger partial charge on any atom is 0.266 e. The van der Waals surface area contributed by atoms with Crippen molar-refractivity contribution in [2.24, 2.45) is 0 Å². The molecule has 3 rings (SSSR count). The van der Waals surface area contributed by atoms with Crippen LogP contribution >= 0.6 is 11.6 Å². The summed E-state index contributed by atoms with van der Waals surface area (Å²) >= 11 is 6.12. The zero-order valence-electron chi connectivity index (χ0n) is 13.5. The monoisotopic (exact) mass is 350 g/mol. The Balaban J connectivity index is 1.83. The van der Waals surface area contributed by atoms with E-state index in [1.807, 2.05) is 54.6 Å². The number of ether oxygens (including phenoxy) is 1. The molecular formula is C20H15ClN2O2. The number of nitrogens with zero attached hydrogens (tertiary/aromatic N) is 1. The van der Waals surface area contributed by atoms with E-state index in [9.17, 15) is 10.1 Å². The second-order valence-electron chi connectivity index (χ2n) is 5.59. The molecule has 2 aromatic carbocycles. The Morgan fingerprint density at radius 1 is 1.16 bits per heavy atom. The van der Waals surface area contributed by atoms with Crippen molar-refractivity contribution in [3.05, 3.63) is 86.8 Å². The number of H-pyrrole nitrogens is 1. The lowest BCUT2D eigenvalue weighted by molar-refractivity contribution is 0.306. The normalized spacial score (nSPS) is 10.3. The van der Waals surface area contributed by atoms with Crippen LogP contribution in [0.2, 0.25) is 5.02 Å². The average Bonchev–Trinajstić information content (AvgIpc) is 2.61. The van der Waals surface area contributed by atoms with Crippen molar-refractivity contribution in [2.45, 2.75) is 13.5 Å². The first-order chi connectivity index (χ1) is 12.1. The van der Waals surface area contributed by atoms with Crippen molar-refractivity contribution in [3.8, 4) is 22.9 Å². The molecule has 1 N–H and O–H groups in total. The van der Waals surface area contributed by atoms with Gasteiger partial charge in [0.25, 0.3) is 5.56 Å². The number of nitriles is 1. The minimum atomic E-state index is -0.378. The van der Waals surface area contributed by atoms with Crippen LogP contribution < -0.4 is 10.3 Å². The molecule has 0 amide bonds. The molecule has 0 fully saturated rings. The average molecular weight is 351 g/mol. The molecule has 4 nitrogen and oxygen atoms in total. The van der Waals surface area contributed by atoms with Crippen LogP contribution in [0.3, 0.4) is 0 Å². The molecule has 0 saturated carbocycles. The van der Waals surface area contributed by atoms with Crippen molar-refractivity contribution in [1.29, 1.82) is 5.26 Å². The summed E-state index contributed by atoms with van der Waals surface area (Å²) < 4.78 is 5.75. The summed E-state index contributed by atoms with van der Waals surface area (Å²) in [5.74, 6) is 0.684. The number of aromatic amines is 1. The van der Waals surface area contributed by atoms with Gasteiger partial charge in [-0.2, -0.15) is 5.26 Å². The van der Waals surface area contributed by atoms with E-state index >= 15 is 0 Å². The SMILES string of the molecule is Cc1cc(-c2ccc(OCc3ccccc3Cl)cc2)c(C#N)c(=O)[nH]1. The molecule has 0 radical (unpaired) electrons. The fourth-order valence-corrected chi connectivity index (χ4v) is 2.72. The fourth-order valence-electron chi connectivity index (χ4n) is 2.53. The molecule has 0 saturated heterocycles. The molecule has 0 atom stereocenters. The number of nitrogens with one attached hydrogen (secondary N) is 1. The van der Waals surface area contributed by atoms with Gasteiger partial charge in [0.1, 0.15) is 24.0 Å². The van der Waals surface area contributed by atoms with Gasteiger partial charge in [-0.1, -0.05) is 41.9 Å². The Labute approximate surface area is 150 Å². The van der Waals surface area contributed by atoms with Gasteiger partial charge in [0.2, 0.25) is 0 Å². The topological polar surface area (TPSA) is 65.9 Å². The lowest BCUT2D eigenvalue weighted by atomic mass is 10.0. The highest BCUT2D eigenvalue weighted by atomic mass is 35.5. The summed E-state index contributed by atoms with van der Waals surface area (Å²) in [5, 5.41) is 9.90. The molecule has 1 heterocycles. The second kappa shape index (κ2) is 7.25. The highest BCUT2D eigenvalue weighted by Crippen LogP contribution is 2.25. The molecular weight excluding hydrogens is 336 g/mol. The summed E-state index contributed by atoms with van der Waals surface area (Å²) in [4.78, 5) is 14.5. The summed E-state index contributed by atoms with van der Waals surface area (Å²) in [6.45, 7) is 2.15. The van der Waals surface area contributed by atoms with Crippen LogP contribution in [0, 0.1) is 18.3 Å². The van der Waals surface area contributed by atoms with Gasteiger partial charge in [0, 0.05) is 21.8 Å². The number of benzene rings is 2. The molecule has 0 aliphatic heterocycles. The van der Waals surface area contributed by atoms with Gasteiger partial charge in [-0.05, 0) is 36.8 Å². The predicted molar refractivity (Wildman–Crippen MR) is 97.7 cm³/mol. The summed E-state index contributed by atoms with van der Waals surface area (Å²) in [5.41, 5.74) is 2.74. The van der Waals surface area contributed by atoms with Crippen LogP contribution in [0.4, 0.5) is 0 Å². The number of hydrogen-bond acceptors (Lipinski definition) is 3. The third-order valence-corrected chi connectivity index (χ3v) is 4.17. The molecule has 0 aliphatic carbocycles. The highest BCUT2D eigenvalue weighted by Gasteiger charge is 2.10. The Morgan fingerprint density at radius 2 is 1.88 bits per heavy atom. The molecule has 0 unspecified atom stereocenters. The van der Waals surface area contributed by atoms with E-state index in [-0.39, 0.29) is 11.1 Å².